The number of halogens is 1. The number of anilines is 1. The van der Waals surface area contributed by atoms with Gasteiger partial charge in [0.2, 0.25) is 0 Å². The molecule has 5 nitrogen and oxygen atoms in total. The van der Waals surface area contributed by atoms with E-state index in [0.717, 1.165) is 0 Å². The topological polar surface area (TPSA) is 71.5 Å². The van der Waals surface area contributed by atoms with Crippen LogP contribution in [-0.4, -0.2) is 16.2 Å². The molecule has 1 aromatic heterocycles. The van der Waals surface area contributed by atoms with Gasteiger partial charge in [-0.3, -0.25) is 10.3 Å². The third-order valence-corrected chi connectivity index (χ3v) is 3.21. The van der Waals surface area contributed by atoms with Crippen LogP contribution in [0, 0.1) is 5.82 Å². The summed E-state index contributed by atoms with van der Waals surface area (Å²) in [7, 11) is 0. The lowest BCUT2D eigenvalue weighted by atomic mass is 10.1. The average molecular weight is 324 g/mol. The summed E-state index contributed by atoms with van der Waals surface area (Å²) in [6, 6.07) is 15.9. The van der Waals surface area contributed by atoms with Gasteiger partial charge in [-0.05, 0) is 54.6 Å². The third-order valence-electron chi connectivity index (χ3n) is 3.21. The van der Waals surface area contributed by atoms with E-state index in [-0.39, 0.29) is 5.82 Å². The van der Waals surface area contributed by atoms with Gasteiger partial charge in [-0.1, -0.05) is 6.07 Å². The number of hydrogen-bond donors (Lipinski definition) is 2. The minimum atomic E-state index is -1.16. The highest BCUT2D eigenvalue weighted by Gasteiger charge is 2.11. The molecule has 24 heavy (non-hydrogen) atoms. The molecule has 1 heterocycles. The van der Waals surface area contributed by atoms with Crippen molar-refractivity contribution in [2.45, 2.75) is 0 Å². The molecule has 0 aliphatic carbocycles. The molecule has 0 saturated heterocycles. The summed E-state index contributed by atoms with van der Waals surface area (Å²) in [5.74, 6) is 0.595. The van der Waals surface area contributed by atoms with Gasteiger partial charge in [0.15, 0.2) is 0 Å². The Morgan fingerprint density at radius 3 is 2.54 bits per heavy atom. The van der Waals surface area contributed by atoms with E-state index in [1.807, 2.05) is 6.07 Å². The van der Waals surface area contributed by atoms with Crippen molar-refractivity contribution in [2.24, 2.45) is 0 Å². The van der Waals surface area contributed by atoms with E-state index in [9.17, 15) is 9.18 Å². The van der Waals surface area contributed by atoms with Crippen LogP contribution in [0.2, 0.25) is 0 Å². The summed E-state index contributed by atoms with van der Waals surface area (Å²) in [6.45, 7) is 0. The zero-order valence-corrected chi connectivity index (χ0v) is 12.4. The Morgan fingerprint density at radius 2 is 1.88 bits per heavy atom. The number of carbonyl (C=O) groups is 1. The summed E-state index contributed by atoms with van der Waals surface area (Å²) in [5.41, 5.74) is 1.64. The zero-order chi connectivity index (χ0) is 16.9. The first kappa shape index (κ1) is 15.5. The quantitative estimate of drug-likeness (QED) is 0.725. The highest BCUT2D eigenvalue weighted by Crippen LogP contribution is 2.34. The third kappa shape index (κ3) is 3.67. The zero-order valence-electron chi connectivity index (χ0n) is 12.4. The van der Waals surface area contributed by atoms with Gasteiger partial charge in [-0.25, -0.2) is 9.18 Å². The Balaban J connectivity index is 2.01. The molecule has 0 saturated carbocycles. The number of benzene rings is 2. The lowest BCUT2D eigenvalue weighted by Crippen LogP contribution is -2.07. The normalized spacial score (nSPS) is 10.2. The predicted molar refractivity (Wildman–Crippen MR) is 87.8 cm³/mol. The largest absolute Gasteiger partial charge is 0.465 e. The highest BCUT2D eigenvalue weighted by molar-refractivity contribution is 5.85. The molecule has 6 heteroatoms. The van der Waals surface area contributed by atoms with Gasteiger partial charge in [0, 0.05) is 17.4 Å². The van der Waals surface area contributed by atoms with Crippen molar-refractivity contribution < 1.29 is 19.0 Å². The predicted octanol–water partition coefficient (Wildman–Crippen LogP) is 4.77. The van der Waals surface area contributed by atoms with Crippen LogP contribution in [0.15, 0.2) is 66.9 Å². The fourth-order valence-electron chi connectivity index (χ4n) is 2.17. The molecule has 3 rings (SSSR count). The van der Waals surface area contributed by atoms with Crippen LogP contribution in [-0.2, 0) is 0 Å². The Kier molecular flexibility index (Phi) is 4.38. The summed E-state index contributed by atoms with van der Waals surface area (Å²) in [5, 5.41) is 11.2. The van der Waals surface area contributed by atoms with Gasteiger partial charge in [0.25, 0.3) is 0 Å². The number of carboxylic acid groups (broad SMARTS) is 1. The van der Waals surface area contributed by atoms with E-state index in [1.54, 1.807) is 36.5 Å². The monoisotopic (exact) mass is 324 g/mol. The van der Waals surface area contributed by atoms with Gasteiger partial charge < -0.3 is 9.84 Å². The fourth-order valence-corrected chi connectivity index (χ4v) is 2.17. The maximum absolute atomic E-state index is 13.0. The molecule has 0 bridgehead atoms. The van der Waals surface area contributed by atoms with Crippen molar-refractivity contribution in [1.82, 2.24) is 4.98 Å². The van der Waals surface area contributed by atoms with Crippen LogP contribution in [0.25, 0.3) is 11.3 Å². The van der Waals surface area contributed by atoms with Crippen molar-refractivity contribution >= 4 is 11.8 Å². The maximum atomic E-state index is 13.0. The average Bonchev–Trinajstić information content (AvgIpc) is 2.58. The van der Waals surface area contributed by atoms with Crippen LogP contribution in [0.3, 0.4) is 0 Å². The van der Waals surface area contributed by atoms with E-state index in [1.165, 1.54) is 24.3 Å². The molecule has 0 unspecified atom stereocenters. The van der Waals surface area contributed by atoms with Gasteiger partial charge >= 0.3 is 6.09 Å². The number of hydrogen-bond acceptors (Lipinski definition) is 3. The summed E-state index contributed by atoms with van der Waals surface area (Å²) < 4.78 is 18.8. The number of rotatable bonds is 4. The molecule has 120 valence electrons. The molecule has 0 fully saturated rings. The SMILES string of the molecule is O=C(O)Nc1ccc(Oc2ccc(F)cc2)c(-c2ccccn2)c1. The number of ether oxygens (including phenoxy) is 1. The van der Waals surface area contributed by atoms with E-state index in [2.05, 4.69) is 10.3 Å². The molecule has 2 aromatic carbocycles. The van der Waals surface area contributed by atoms with Gasteiger partial charge in [-0.2, -0.15) is 0 Å². The lowest BCUT2D eigenvalue weighted by Gasteiger charge is -2.13. The van der Waals surface area contributed by atoms with E-state index >= 15 is 0 Å². The van der Waals surface area contributed by atoms with E-state index < -0.39 is 6.09 Å². The second-order valence-electron chi connectivity index (χ2n) is 4.91. The Morgan fingerprint density at radius 1 is 1.08 bits per heavy atom. The first-order valence-electron chi connectivity index (χ1n) is 7.10. The standard InChI is InChI=1S/C18H13FN2O3/c19-12-4-7-14(8-5-12)24-17-9-6-13(21-18(22)23)11-15(17)16-3-1-2-10-20-16/h1-11,21H,(H,22,23). The molecule has 0 radical (unpaired) electrons. The van der Waals surface area contributed by atoms with Crippen LogP contribution >= 0.6 is 0 Å². The van der Waals surface area contributed by atoms with E-state index in [4.69, 9.17) is 9.84 Å². The second-order valence-corrected chi connectivity index (χ2v) is 4.91. The molecule has 3 aromatic rings. The van der Waals surface area contributed by atoms with Crippen LogP contribution in [0.1, 0.15) is 0 Å². The summed E-state index contributed by atoms with van der Waals surface area (Å²) in [4.78, 5) is 15.1. The Labute approximate surface area is 137 Å². The molecule has 0 aliphatic heterocycles. The number of nitrogens with zero attached hydrogens (tertiary/aromatic N) is 1. The number of pyridine rings is 1. The van der Waals surface area contributed by atoms with E-state index in [0.29, 0.717) is 28.4 Å². The molecule has 2 N–H and O–H groups in total. The summed E-state index contributed by atoms with van der Waals surface area (Å²) in [6.07, 6.45) is 0.475. The smallest absolute Gasteiger partial charge is 0.409 e. The molecular weight excluding hydrogens is 311 g/mol. The molecule has 1 amide bonds. The van der Waals surface area contributed by atoms with Crippen molar-refractivity contribution in [1.29, 1.82) is 0 Å². The van der Waals surface area contributed by atoms with Crippen molar-refractivity contribution in [3.8, 4) is 22.8 Å². The first-order valence-corrected chi connectivity index (χ1v) is 7.10. The maximum Gasteiger partial charge on any atom is 0.409 e. The van der Waals surface area contributed by atoms with Crippen LogP contribution in [0.4, 0.5) is 14.9 Å². The van der Waals surface area contributed by atoms with Gasteiger partial charge in [-0.15, -0.1) is 0 Å². The van der Waals surface area contributed by atoms with Crippen molar-refractivity contribution in [3.63, 3.8) is 0 Å². The number of aromatic nitrogens is 1. The number of amides is 1. The molecule has 0 atom stereocenters. The van der Waals surface area contributed by atoms with Gasteiger partial charge in [0.05, 0.1) is 5.69 Å². The Bertz CT molecular complexity index is 852. The van der Waals surface area contributed by atoms with Gasteiger partial charge in [0.1, 0.15) is 17.3 Å². The summed E-state index contributed by atoms with van der Waals surface area (Å²) >= 11 is 0. The fraction of sp³-hybridized carbons (Fsp3) is 0. The molecule has 0 aliphatic rings. The molecule has 0 spiro atoms. The first-order chi connectivity index (χ1) is 11.6. The second kappa shape index (κ2) is 6.78. The van der Waals surface area contributed by atoms with Crippen molar-refractivity contribution in [2.75, 3.05) is 5.32 Å². The minimum Gasteiger partial charge on any atom is -0.465 e. The molecular formula is C18H13FN2O3. The lowest BCUT2D eigenvalue weighted by molar-refractivity contribution is 0.209. The minimum absolute atomic E-state index is 0.353. The van der Waals surface area contributed by atoms with Crippen molar-refractivity contribution in [3.05, 3.63) is 72.7 Å². The Hall–Kier alpha value is -3.41. The van der Waals surface area contributed by atoms with Crippen LogP contribution in [0.5, 0.6) is 11.5 Å². The number of nitrogens with one attached hydrogen (secondary N) is 1. The highest BCUT2D eigenvalue weighted by atomic mass is 19.1. The van der Waals surface area contributed by atoms with Crippen LogP contribution < -0.4 is 10.1 Å².